The van der Waals surface area contributed by atoms with Gasteiger partial charge in [-0.25, -0.2) is 0 Å². The molecule has 0 N–H and O–H groups in total. The number of rotatable bonds is 2. The molecule has 0 fully saturated rings. The first-order chi connectivity index (χ1) is 20.3. The third-order valence-electron chi connectivity index (χ3n) is 8.44. The van der Waals surface area contributed by atoms with Crippen molar-refractivity contribution in [1.29, 1.82) is 0 Å². The van der Waals surface area contributed by atoms with Crippen molar-refractivity contribution in [2.24, 2.45) is 0 Å². The van der Waals surface area contributed by atoms with E-state index < -0.39 is 0 Å². The molecule has 0 atom stereocenters. The van der Waals surface area contributed by atoms with Gasteiger partial charge in [-0.05, 0) is 87.0 Å². The molecule has 1 aliphatic rings. The second-order valence-electron chi connectivity index (χ2n) is 10.8. The van der Waals surface area contributed by atoms with Crippen LogP contribution >= 0.6 is 0 Å². The van der Waals surface area contributed by atoms with Gasteiger partial charge in [-0.1, -0.05) is 78.9 Å². The lowest BCUT2D eigenvalue weighted by Crippen LogP contribution is -1.91. The van der Waals surface area contributed by atoms with Crippen LogP contribution in [0.5, 0.6) is 0 Å². The highest BCUT2D eigenvalue weighted by molar-refractivity contribution is 6.12. The fourth-order valence-electron chi connectivity index (χ4n) is 6.47. The van der Waals surface area contributed by atoms with Crippen LogP contribution in [0.4, 0.5) is 0 Å². The molecule has 0 unspecified atom stereocenters. The van der Waals surface area contributed by atoms with E-state index in [2.05, 4.69) is 97.1 Å². The molecule has 3 heteroatoms. The molecule has 0 amide bonds. The number of fused-ring (bicyclic) bond motifs is 9. The standard InChI is InChI=1S/C38H24O3/c1-3-9-34-30(6-1)33-19-24(15-17-36(33)40-34)23-14-16-28-27(18-23)22-39-21-26-13-12-25(20-32(26)28)29-8-5-11-37-38(29)31-7-2-4-10-35(31)41-37/h1-20H,21-22H2. The Kier molecular flexibility index (Phi) is 4.80. The van der Waals surface area contributed by atoms with Gasteiger partial charge in [0.15, 0.2) is 0 Å². The van der Waals surface area contributed by atoms with Crippen LogP contribution < -0.4 is 0 Å². The lowest BCUT2D eigenvalue weighted by molar-refractivity contribution is 0.110. The Bertz CT molecular complexity index is 2300. The molecule has 3 heterocycles. The van der Waals surface area contributed by atoms with Gasteiger partial charge >= 0.3 is 0 Å². The van der Waals surface area contributed by atoms with Gasteiger partial charge < -0.3 is 13.6 Å². The summed E-state index contributed by atoms with van der Waals surface area (Å²) in [6.07, 6.45) is 0. The molecule has 0 saturated heterocycles. The summed E-state index contributed by atoms with van der Waals surface area (Å²) in [7, 11) is 0. The van der Waals surface area contributed by atoms with Gasteiger partial charge in [0, 0.05) is 21.5 Å². The smallest absolute Gasteiger partial charge is 0.136 e. The predicted octanol–water partition coefficient (Wildman–Crippen LogP) is 10.5. The molecule has 1 aliphatic heterocycles. The fourth-order valence-corrected chi connectivity index (χ4v) is 6.47. The second kappa shape index (κ2) is 8.69. The number of ether oxygens (including phenoxy) is 1. The van der Waals surface area contributed by atoms with E-state index in [1.165, 1.54) is 44.5 Å². The highest BCUT2D eigenvalue weighted by Crippen LogP contribution is 2.41. The second-order valence-corrected chi connectivity index (χ2v) is 10.8. The SMILES string of the molecule is c1ccc2c(c1)oc1ccc(-c3ccc4c(c3)COCc3ccc(-c5cccc6oc7ccccc7c56)cc3-4)cc12. The lowest BCUT2D eigenvalue weighted by atomic mass is 9.90. The molecule has 2 aromatic heterocycles. The van der Waals surface area contributed by atoms with Gasteiger partial charge in [0.2, 0.25) is 0 Å². The Morgan fingerprint density at radius 2 is 1.07 bits per heavy atom. The maximum absolute atomic E-state index is 6.18. The minimum Gasteiger partial charge on any atom is -0.456 e. The maximum Gasteiger partial charge on any atom is 0.136 e. The van der Waals surface area contributed by atoms with Crippen LogP contribution in [0.15, 0.2) is 130 Å². The molecule has 41 heavy (non-hydrogen) atoms. The van der Waals surface area contributed by atoms with Gasteiger partial charge in [-0.2, -0.15) is 0 Å². The van der Waals surface area contributed by atoms with Crippen LogP contribution in [-0.2, 0) is 18.0 Å². The Balaban J connectivity index is 1.18. The van der Waals surface area contributed by atoms with Crippen molar-refractivity contribution in [2.75, 3.05) is 0 Å². The normalized spacial score (nSPS) is 13.1. The van der Waals surface area contributed by atoms with Crippen molar-refractivity contribution in [3.63, 3.8) is 0 Å². The van der Waals surface area contributed by atoms with Gasteiger partial charge in [0.1, 0.15) is 22.3 Å². The summed E-state index contributed by atoms with van der Waals surface area (Å²) in [5.41, 5.74) is 13.2. The quantitative estimate of drug-likeness (QED) is 0.224. The van der Waals surface area contributed by atoms with Gasteiger partial charge in [-0.15, -0.1) is 0 Å². The largest absolute Gasteiger partial charge is 0.456 e. The molecule has 3 nitrogen and oxygen atoms in total. The number of para-hydroxylation sites is 2. The van der Waals surface area contributed by atoms with E-state index in [1.807, 2.05) is 24.3 Å². The third-order valence-corrected chi connectivity index (χ3v) is 8.44. The van der Waals surface area contributed by atoms with Crippen molar-refractivity contribution in [1.82, 2.24) is 0 Å². The van der Waals surface area contributed by atoms with Crippen LogP contribution in [0.3, 0.4) is 0 Å². The Hall–Kier alpha value is -5.12. The summed E-state index contributed by atoms with van der Waals surface area (Å²) in [4.78, 5) is 0. The van der Waals surface area contributed by atoms with E-state index in [-0.39, 0.29) is 0 Å². The maximum atomic E-state index is 6.18. The number of benzene rings is 6. The molecule has 8 aromatic rings. The average molecular weight is 529 g/mol. The molecule has 6 aromatic carbocycles. The molecular formula is C38H24O3. The van der Waals surface area contributed by atoms with Crippen molar-refractivity contribution >= 4 is 43.9 Å². The van der Waals surface area contributed by atoms with E-state index in [9.17, 15) is 0 Å². The molecule has 0 aliphatic carbocycles. The summed E-state index contributed by atoms with van der Waals surface area (Å²) >= 11 is 0. The van der Waals surface area contributed by atoms with Crippen molar-refractivity contribution in [2.45, 2.75) is 13.2 Å². The van der Waals surface area contributed by atoms with Gasteiger partial charge in [-0.3, -0.25) is 0 Å². The lowest BCUT2D eigenvalue weighted by Gasteiger charge is -2.13. The third kappa shape index (κ3) is 3.49. The zero-order chi connectivity index (χ0) is 26.9. The minimum atomic E-state index is 0.575. The molecule has 0 spiro atoms. The summed E-state index contributed by atoms with van der Waals surface area (Å²) in [6.45, 7) is 1.16. The van der Waals surface area contributed by atoms with Crippen LogP contribution in [-0.4, -0.2) is 0 Å². The molecule has 194 valence electrons. The van der Waals surface area contributed by atoms with Gasteiger partial charge in [0.25, 0.3) is 0 Å². The van der Waals surface area contributed by atoms with E-state index >= 15 is 0 Å². The average Bonchev–Trinajstić information content (AvgIpc) is 3.53. The molecule has 9 rings (SSSR count). The van der Waals surface area contributed by atoms with Crippen molar-refractivity contribution in [3.05, 3.63) is 132 Å². The number of furan rings is 2. The minimum absolute atomic E-state index is 0.575. The molecule has 0 radical (unpaired) electrons. The van der Waals surface area contributed by atoms with E-state index in [1.54, 1.807) is 0 Å². The summed E-state index contributed by atoms with van der Waals surface area (Å²) in [6, 6.07) is 42.8. The van der Waals surface area contributed by atoms with Crippen LogP contribution in [0.25, 0.3) is 77.3 Å². The van der Waals surface area contributed by atoms with Gasteiger partial charge in [0.05, 0.1) is 13.2 Å². The summed E-state index contributed by atoms with van der Waals surface area (Å²) in [5, 5.41) is 4.58. The van der Waals surface area contributed by atoms with E-state index in [0.717, 1.165) is 43.9 Å². The Labute approximate surface area is 236 Å². The zero-order valence-electron chi connectivity index (χ0n) is 22.2. The van der Waals surface area contributed by atoms with Crippen LogP contribution in [0.2, 0.25) is 0 Å². The van der Waals surface area contributed by atoms with E-state index in [4.69, 9.17) is 13.6 Å². The highest BCUT2D eigenvalue weighted by atomic mass is 16.5. The molecule has 0 bridgehead atoms. The Morgan fingerprint density at radius 3 is 2.00 bits per heavy atom. The number of hydrogen-bond donors (Lipinski definition) is 0. The monoisotopic (exact) mass is 528 g/mol. The first-order valence-electron chi connectivity index (χ1n) is 14.0. The fraction of sp³-hybridized carbons (Fsp3) is 0.0526. The van der Waals surface area contributed by atoms with E-state index in [0.29, 0.717) is 13.2 Å². The predicted molar refractivity (Wildman–Crippen MR) is 166 cm³/mol. The first-order valence-corrected chi connectivity index (χ1v) is 14.0. The molecule has 0 saturated carbocycles. The summed E-state index contributed by atoms with van der Waals surface area (Å²) < 4.78 is 18.4. The zero-order valence-corrected chi connectivity index (χ0v) is 22.2. The topological polar surface area (TPSA) is 35.5 Å². The summed E-state index contributed by atoms with van der Waals surface area (Å²) in [5.74, 6) is 0. The van der Waals surface area contributed by atoms with Crippen LogP contribution in [0.1, 0.15) is 11.1 Å². The Morgan fingerprint density at radius 1 is 0.390 bits per heavy atom. The highest BCUT2D eigenvalue weighted by Gasteiger charge is 2.19. The number of hydrogen-bond acceptors (Lipinski definition) is 3. The van der Waals surface area contributed by atoms with Crippen molar-refractivity contribution in [3.8, 4) is 33.4 Å². The van der Waals surface area contributed by atoms with Crippen molar-refractivity contribution < 1.29 is 13.6 Å². The van der Waals surface area contributed by atoms with Crippen LogP contribution in [0, 0.1) is 0 Å². The first kappa shape index (κ1) is 22.7. The molecular weight excluding hydrogens is 504 g/mol.